The lowest BCUT2D eigenvalue weighted by Gasteiger charge is -2.13. The van der Waals surface area contributed by atoms with E-state index < -0.39 is 0 Å². The van der Waals surface area contributed by atoms with E-state index in [2.05, 4.69) is 19.2 Å². The van der Waals surface area contributed by atoms with Crippen LogP contribution in [0.1, 0.15) is 46.0 Å². The second-order valence-electron chi connectivity index (χ2n) is 4.52. The molecule has 2 nitrogen and oxygen atoms in total. The molecule has 1 atom stereocenters. The minimum atomic E-state index is 0.130. The highest BCUT2D eigenvalue weighted by molar-refractivity contribution is 5.90. The summed E-state index contributed by atoms with van der Waals surface area (Å²) in [7, 11) is 0. The molecule has 0 saturated carbocycles. The standard InChI is InChI=1S/C15H23NO/c1-3-8-13(4-2)11-12-15(17)16-14-9-6-5-7-10-14/h5-7,9-10,13H,3-4,8,11-12H2,1-2H3,(H,16,17). The van der Waals surface area contributed by atoms with Gasteiger partial charge in [0, 0.05) is 12.1 Å². The lowest BCUT2D eigenvalue weighted by atomic mass is 9.95. The molecular weight excluding hydrogens is 210 g/mol. The van der Waals surface area contributed by atoms with E-state index in [0.29, 0.717) is 12.3 Å². The van der Waals surface area contributed by atoms with Gasteiger partial charge >= 0.3 is 0 Å². The first kappa shape index (κ1) is 13.8. The maximum absolute atomic E-state index is 11.7. The van der Waals surface area contributed by atoms with Crippen molar-refractivity contribution in [3.63, 3.8) is 0 Å². The fourth-order valence-electron chi connectivity index (χ4n) is 2.04. The SMILES string of the molecule is CCCC(CC)CCC(=O)Nc1ccccc1. The molecule has 2 heteroatoms. The van der Waals surface area contributed by atoms with Crippen molar-refractivity contribution >= 4 is 11.6 Å². The normalized spacial score (nSPS) is 12.1. The van der Waals surface area contributed by atoms with Crippen LogP contribution in [0.3, 0.4) is 0 Å². The molecule has 0 aliphatic heterocycles. The van der Waals surface area contributed by atoms with E-state index >= 15 is 0 Å². The Kier molecular flexibility index (Phi) is 6.38. The van der Waals surface area contributed by atoms with E-state index in [1.165, 1.54) is 19.3 Å². The lowest BCUT2D eigenvalue weighted by molar-refractivity contribution is -0.116. The molecule has 0 aliphatic carbocycles. The third-order valence-electron chi connectivity index (χ3n) is 3.11. The van der Waals surface area contributed by atoms with Crippen molar-refractivity contribution in [1.82, 2.24) is 0 Å². The molecule has 1 N–H and O–H groups in total. The Hall–Kier alpha value is -1.31. The van der Waals surface area contributed by atoms with Crippen LogP contribution < -0.4 is 5.32 Å². The fraction of sp³-hybridized carbons (Fsp3) is 0.533. The quantitative estimate of drug-likeness (QED) is 0.750. The maximum atomic E-state index is 11.7. The third-order valence-corrected chi connectivity index (χ3v) is 3.11. The number of rotatable bonds is 7. The average molecular weight is 233 g/mol. The molecule has 1 rings (SSSR count). The lowest BCUT2D eigenvalue weighted by Crippen LogP contribution is -2.13. The van der Waals surface area contributed by atoms with Crippen molar-refractivity contribution < 1.29 is 4.79 Å². The van der Waals surface area contributed by atoms with E-state index in [9.17, 15) is 4.79 Å². The number of anilines is 1. The van der Waals surface area contributed by atoms with Crippen LogP contribution in [0.25, 0.3) is 0 Å². The van der Waals surface area contributed by atoms with E-state index in [0.717, 1.165) is 12.1 Å². The van der Waals surface area contributed by atoms with Gasteiger partial charge in [-0.3, -0.25) is 4.79 Å². The summed E-state index contributed by atoms with van der Waals surface area (Å²) in [6, 6.07) is 9.65. The molecule has 17 heavy (non-hydrogen) atoms. The summed E-state index contributed by atoms with van der Waals surface area (Å²) in [6.45, 7) is 4.40. The predicted octanol–water partition coefficient (Wildman–Crippen LogP) is 4.23. The second kappa shape index (κ2) is 7.88. The van der Waals surface area contributed by atoms with Gasteiger partial charge in [0.2, 0.25) is 5.91 Å². The molecule has 0 saturated heterocycles. The van der Waals surface area contributed by atoms with Crippen molar-refractivity contribution in [2.75, 3.05) is 5.32 Å². The van der Waals surface area contributed by atoms with Crippen LogP contribution in [-0.4, -0.2) is 5.91 Å². The number of carbonyl (C=O) groups excluding carboxylic acids is 1. The topological polar surface area (TPSA) is 29.1 Å². The summed E-state index contributed by atoms with van der Waals surface area (Å²) in [5, 5.41) is 2.92. The first-order chi connectivity index (χ1) is 8.26. The van der Waals surface area contributed by atoms with Crippen molar-refractivity contribution in [3.05, 3.63) is 30.3 Å². The van der Waals surface area contributed by atoms with Gasteiger partial charge in [-0.15, -0.1) is 0 Å². The Morgan fingerprint density at radius 3 is 2.47 bits per heavy atom. The molecule has 0 aromatic heterocycles. The Bertz CT molecular complexity index is 321. The van der Waals surface area contributed by atoms with Gasteiger partial charge in [0.25, 0.3) is 0 Å². The highest BCUT2D eigenvalue weighted by Gasteiger charge is 2.08. The van der Waals surface area contributed by atoms with Gasteiger partial charge in [0.15, 0.2) is 0 Å². The molecule has 94 valence electrons. The monoisotopic (exact) mass is 233 g/mol. The van der Waals surface area contributed by atoms with Crippen molar-refractivity contribution in [2.45, 2.75) is 46.0 Å². The third kappa shape index (κ3) is 5.53. The minimum absolute atomic E-state index is 0.130. The summed E-state index contributed by atoms with van der Waals surface area (Å²) in [6.07, 6.45) is 5.25. The van der Waals surface area contributed by atoms with Crippen molar-refractivity contribution in [2.24, 2.45) is 5.92 Å². The Labute approximate surface area is 104 Å². The number of benzene rings is 1. The number of nitrogens with one attached hydrogen (secondary N) is 1. The van der Waals surface area contributed by atoms with E-state index in [1.807, 2.05) is 30.3 Å². The van der Waals surface area contributed by atoms with Crippen LogP contribution in [0, 0.1) is 5.92 Å². The van der Waals surface area contributed by atoms with Crippen LogP contribution >= 0.6 is 0 Å². The van der Waals surface area contributed by atoms with Crippen molar-refractivity contribution in [3.8, 4) is 0 Å². The smallest absolute Gasteiger partial charge is 0.224 e. The van der Waals surface area contributed by atoms with Crippen molar-refractivity contribution in [1.29, 1.82) is 0 Å². The minimum Gasteiger partial charge on any atom is -0.326 e. The summed E-state index contributed by atoms with van der Waals surface area (Å²) in [4.78, 5) is 11.7. The Morgan fingerprint density at radius 2 is 1.88 bits per heavy atom. The number of hydrogen-bond acceptors (Lipinski definition) is 1. The first-order valence-corrected chi connectivity index (χ1v) is 6.61. The molecule has 0 heterocycles. The van der Waals surface area contributed by atoms with Gasteiger partial charge in [-0.1, -0.05) is 51.3 Å². The van der Waals surface area contributed by atoms with E-state index in [-0.39, 0.29) is 5.91 Å². The number of para-hydroxylation sites is 1. The molecule has 0 radical (unpaired) electrons. The summed E-state index contributed by atoms with van der Waals surface area (Å²) >= 11 is 0. The molecule has 1 unspecified atom stereocenters. The van der Waals surface area contributed by atoms with Crippen LogP contribution in [-0.2, 0) is 4.79 Å². The average Bonchev–Trinajstić information content (AvgIpc) is 2.35. The van der Waals surface area contributed by atoms with Gasteiger partial charge < -0.3 is 5.32 Å². The second-order valence-corrected chi connectivity index (χ2v) is 4.52. The molecular formula is C15H23NO. The zero-order valence-electron chi connectivity index (χ0n) is 10.9. The summed E-state index contributed by atoms with van der Waals surface area (Å²) < 4.78 is 0. The van der Waals surface area contributed by atoms with Crippen LogP contribution in [0.15, 0.2) is 30.3 Å². The molecule has 0 bridgehead atoms. The molecule has 1 amide bonds. The van der Waals surface area contributed by atoms with Crippen LogP contribution in [0.5, 0.6) is 0 Å². The Morgan fingerprint density at radius 1 is 1.18 bits per heavy atom. The predicted molar refractivity (Wildman–Crippen MR) is 73.0 cm³/mol. The summed E-state index contributed by atoms with van der Waals surface area (Å²) in [5.41, 5.74) is 0.890. The van der Waals surface area contributed by atoms with Gasteiger partial charge in [-0.25, -0.2) is 0 Å². The number of hydrogen-bond donors (Lipinski definition) is 1. The van der Waals surface area contributed by atoms with Gasteiger partial charge in [-0.2, -0.15) is 0 Å². The zero-order valence-corrected chi connectivity index (χ0v) is 10.9. The van der Waals surface area contributed by atoms with Crippen LogP contribution in [0.4, 0.5) is 5.69 Å². The maximum Gasteiger partial charge on any atom is 0.224 e. The number of amides is 1. The van der Waals surface area contributed by atoms with E-state index in [4.69, 9.17) is 0 Å². The highest BCUT2D eigenvalue weighted by atomic mass is 16.1. The molecule has 0 fully saturated rings. The molecule has 1 aromatic rings. The van der Waals surface area contributed by atoms with Gasteiger partial charge in [0.05, 0.1) is 0 Å². The molecule has 0 spiro atoms. The molecule has 1 aromatic carbocycles. The van der Waals surface area contributed by atoms with Gasteiger partial charge in [-0.05, 0) is 24.5 Å². The number of carbonyl (C=O) groups is 1. The van der Waals surface area contributed by atoms with Crippen LogP contribution in [0.2, 0.25) is 0 Å². The van der Waals surface area contributed by atoms with Gasteiger partial charge in [0.1, 0.15) is 0 Å². The highest BCUT2D eigenvalue weighted by Crippen LogP contribution is 2.17. The first-order valence-electron chi connectivity index (χ1n) is 6.61. The summed E-state index contributed by atoms with van der Waals surface area (Å²) in [5.74, 6) is 0.826. The Balaban J connectivity index is 2.30. The zero-order chi connectivity index (χ0) is 12.5. The largest absolute Gasteiger partial charge is 0.326 e. The van der Waals surface area contributed by atoms with E-state index in [1.54, 1.807) is 0 Å². The molecule has 0 aliphatic rings. The fourth-order valence-corrected chi connectivity index (χ4v) is 2.04.